The summed E-state index contributed by atoms with van der Waals surface area (Å²) in [6.07, 6.45) is 21.0. The fourth-order valence-corrected chi connectivity index (χ4v) is 9.39. The Labute approximate surface area is 197 Å². The highest BCUT2D eigenvalue weighted by atomic mass is 14.9. The molecule has 0 spiro atoms. The molecule has 0 N–H and O–H groups in total. The molecule has 1 aromatic heterocycles. The Hall–Kier alpha value is -1.24. The first kappa shape index (κ1) is 22.5. The van der Waals surface area contributed by atoms with E-state index in [0.717, 1.165) is 35.5 Å². The number of rotatable bonds is 6. The zero-order chi connectivity index (χ0) is 22.7. The minimum absolute atomic E-state index is 0.381. The molecule has 1 aromatic rings. The molecule has 176 valence electrons. The number of hydrogen-bond acceptors (Lipinski definition) is 0. The van der Waals surface area contributed by atoms with Crippen molar-refractivity contribution >= 4 is 11.8 Å². The second-order valence-electron chi connectivity index (χ2n) is 12.9. The van der Waals surface area contributed by atoms with Gasteiger partial charge in [-0.2, -0.15) is 0 Å². The van der Waals surface area contributed by atoms with Crippen LogP contribution in [0.4, 0.5) is 0 Å². The molecule has 2 saturated carbocycles. The molecule has 4 aliphatic rings. The van der Waals surface area contributed by atoms with Gasteiger partial charge in [0.25, 0.3) is 0 Å². The van der Waals surface area contributed by atoms with Gasteiger partial charge in [0.05, 0.1) is 0 Å². The van der Waals surface area contributed by atoms with Crippen molar-refractivity contribution in [3.8, 4) is 0 Å². The van der Waals surface area contributed by atoms with Crippen molar-refractivity contribution in [2.45, 2.75) is 98.8 Å². The minimum Gasteiger partial charge on any atom is -0.328 e. The van der Waals surface area contributed by atoms with Gasteiger partial charge in [0.1, 0.15) is 0 Å². The van der Waals surface area contributed by atoms with Crippen LogP contribution in [0.3, 0.4) is 0 Å². The molecule has 0 unspecified atom stereocenters. The first-order valence-electron chi connectivity index (χ1n) is 13.8. The van der Waals surface area contributed by atoms with Gasteiger partial charge in [-0.25, -0.2) is 0 Å². The van der Waals surface area contributed by atoms with Gasteiger partial charge in [-0.3, -0.25) is 0 Å². The van der Waals surface area contributed by atoms with E-state index < -0.39 is 0 Å². The Morgan fingerprint density at radius 1 is 1.09 bits per heavy atom. The van der Waals surface area contributed by atoms with Crippen molar-refractivity contribution in [1.29, 1.82) is 0 Å². The zero-order valence-corrected chi connectivity index (χ0v) is 21.5. The Morgan fingerprint density at radius 2 is 1.91 bits per heavy atom. The lowest BCUT2D eigenvalue weighted by atomic mass is 9.47. The summed E-state index contributed by atoms with van der Waals surface area (Å²) in [7, 11) is 0. The monoisotopic (exact) mass is 433 g/mol. The highest BCUT2D eigenvalue weighted by Gasteiger charge is 2.59. The molecule has 0 saturated heterocycles. The van der Waals surface area contributed by atoms with Gasteiger partial charge >= 0.3 is 0 Å². The Kier molecular flexibility index (Phi) is 5.78. The Balaban J connectivity index is 1.38. The normalized spacial score (nSPS) is 39.0. The standard InChI is InChI=1S/C31H47N/c1-7-32-20-17-24-27-12-11-23-26-14-13-25(22(4)10-8-9-21(2)3)30(26,5)18-15-28(23)31(27,6)19-16-29(24)32/h7,12,17,20-23,25-26,28H,1,8-11,13-16,18-19H2,2-6H3/t22-,23+,25-,26+,28+,30-,31+/m1/s1. The zero-order valence-electron chi connectivity index (χ0n) is 21.5. The molecule has 1 nitrogen and oxygen atoms in total. The smallest absolute Gasteiger partial charge is 0.0296 e. The largest absolute Gasteiger partial charge is 0.328 e. The molecule has 0 radical (unpaired) electrons. The lowest BCUT2D eigenvalue weighted by Gasteiger charge is -2.58. The van der Waals surface area contributed by atoms with Gasteiger partial charge in [-0.15, -0.1) is 0 Å². The quantitative estimate of drug-likeness (QED) is 0.422. The predicted octanol–water partition coefficient (Wildman–Crippen LogP) is 8.85. The van der Waals surface area contributed by atoms with Crippen molar-refractivity contribution in [3.63, 3.8) is 0 Å². The van der Waals surface area contributed by atoms with Crippen molar-refractivity contribution in [2.24, 2.45) is 46.3 Å². The fraction of sp³-hybridized carbons (Fsp3) is 0.742. The van der Waals surface area contributed by atoms with Crippen molar-refractivity contribution in [2.75, 3.05) is 0 Å². The van der Waals surface area contributed by atoms with Crippen LogP contribution in [0.5, 0.6) is 0 Å². The maximum absolute atomic E-state index is 4.03. The summed E-state index contributed by atoms with van der Waals surface area (Å²) in [4.78, 5) is 0. The molecule has 1 heteroatoms. The summed E-state index contributed by atoms with van der Waals surface area (Å²) in [5, 5.41) is 0. The van der Waals surface area contributed by atoms with Crippen molar-refractivity contribution in [1.82, 2.24) is 4.57 Å². The fourth-order valence-electron chi connectivity index (χ4n) is 9.39. The second-order valence-corrected chi connectivity index (χ2v) is 12.9. The van der Waals surface area contributed by atoms with Crippen LogP contribution in [0.1, 0.15) is 104 Å². The van der Waals surface area contributed by atoms with Crippen LogP contribution in [-0.4, -0.2) is 4.57 Å². The van der Waals surface area contributed by atoms with Crippen LogP contribution in [0, 0.1) is 46.3 Å². The highest BCUT2D eigenvalue weighted by Crippen LogP contribution is 2.68. The number of aromatic nitrogens is 1. The molecule has 0 aromatic carbocycles. The van der Waals surface area contributed by atoms with Gasteiger partial charge < -0.3 is 4.57 Å². The van der Waals surface area contributed by atoms with E-state index in [-0.39, 0.29) is 0 Å². The summed E-state index contributed by atoms with van der Waals surface area (Å²) < 4.78 is 2.27. The molecule has 32 heavy (non-hydrogen) atoms. The third-order valence-corrected chi connectivity index (χ3v) is 11.1. The van der Waals surface area contributed by atoms with E-state index in [1.165, 1.54) is 75.5 Å². The topological polar surface area (TPSA) is 4.93 Å². The van der Waals surface area contributed by atoms with Gasteiger partial charge in [0, 0.05) is 18.1 Å². The van der Waals surface area contributed by atoms with Crippen LogP contribution in [0.25, 0.3) is 11.8 Å². The summed E-state index contributed by atoms with van der Waals surface area (Å²) in [5.74, 6) is 5.47. The third kappa shape index (κ3) is 3.32. The summed E-state index contributed by atoms with van der Waals surface area (Å²) in [6, 6.07) is 2.37. The Bertz CT molecular complexity index is 886. The van der Waals surface area contributed by atoms with Crippen LogP contribution in [0.2, 0.25) is 0 Å². The maximum atomic E-state index is 4.03. The van der Waals surface area contributed by atoms with E-state index in [9.17, 15) is 0 Å². The molecule has 4 aliphatic carbocycles. The van der Waals surface area contributed by atoms with Gasteiger partial charge in [-0.1, -0.05) is 66.5 Å². The van der Waals surface area contributed by atoms with E-state index in [0.29, 0.717) is 10.8 Å². The summed E-state index contributed by atoms with van der Waals surface area (Å²) >= 11 is 0. The molecule has 5 rings (SSSR count). The van der Waals surface area contributed by atoms with Gasteiger partial charge in [-0.05, 0) is 108 Å². The molecular weight excluding hydrogens is 386 g/mol. The molecular formula is C31H47N. The molecule has 0 amide bonds. The molecule has 7 atom stereocenters. The van der Waals surface area contributed by atoms with E-state index in [2.05, 4.69) is 64.1 Å². The molecule has 0 bridgehead atoms. The van der Waals surface area contributed by atoms with E-state index in [4.69, 9.17) is 0 Å². The number of nitrogens with zero attached hydrogens (tertiary/aromatic N) is 1. The van der Waals surface area contributed by atoms with Gasteiger partial charge in [0.2, 0.25) is 0 Å². The van der Waals surface area contributed by atoms with Crippen LogP contribution < -0.4 is 0 Å². The van der Waals surface area contributed by atoms with E-state index >= 15 is 0 Å². The number of fused-ring (bicyclic) bond motifs is 7. The van der Waals surface area contributed by atoms with Crippen molar-refractivity contribution < 1.29 is 0 Å². The highest BCUT2D eigenvalue weighted by molar-refractivity contribution is 5.75. The predicted molar refractivity (Wildman–Crippen MR) is 138 cm³/mol. The van der Waals surface area contributed by atoms with E-state index in [1.807, 2.05) is 6.20 Å². The lowest BCUT2D eigenvalue weighted by Crippen LogP contribution is -2.50. The summed E-state index contributed by atoms with van der Waals surface area (Å²) in [6.45, 7) is 16.7. The lowest BCUT2D eigenvalue weighted by molar-refractivity contribution is -0.0393. The van der Waals surface area contributed by atoms with Crippen molar-refractivity contribution in [3.05, 3.63) is 36.2 Å². The first-order chi connectivity index (χ1) is 15.3. The molecule has 0 aliphatic heterocycles. The van der Waals surface area contributed by atoms with Crippen LogP contribution in [-0.2, 0) is 6.42 Å². The molecule has 2 fully saturated rings. The third-order valence-electron chi connectivity index (χ3n) is 11.1. The SMILES string of the molecule is C=Cn1ccc2c1CC[C@@]1(C)C2=CC[C@H]2[C@@H]3CC[C@H]([C@H](C)CCCC(C)C)[C@@]3(C)CC[C@@H]21. The van der Waals surface area contributed by atoms with Crippen LogP contribution in [0.15, 0.2) is 24.9 Å². The van der Waals surface area contributed by atoms with Crippen LogP contribution >= 0.6 is 0 Å². The summed E-state index contributed by atoms with van der Waals surface area (Å²) in [5.41, 5.74) is 5.69. The Morgan fingerprint density at radius 3 is 2.66 bits per heavy atom. The first-order valence-corrected chi connectivity index (χ1v) is 13.8. The average Bonchev–Trinajstić information content (AvgIpc) is 3.33. The number of hydrogen-bond donors (Lipinski definition) is 0. The van der Waals surface area contributed by atoms with E-state index in [1.54, 1.807) is 5.57 Å². The second kappa shape index (κ2) is 8.21. The maximum Gasteiger partial charge on any atom is 0.0296 e. The average molecular weight is 434 g/mol. The minimum atomic E-state index is 0.381. The van der Waals surface area contributed by atoms with Gasteiger partial charge in [0.15, 0.2) is 0 Å². The molecule has 1 heterocycles. The number of allylic oxidation sites excluding steroid dienone is 2.